The van der Waals surface area contributed by atoms with Gasteiger partial charge in [0.2, 0.25) is 11.8 Å². The van der Waals surface area contributed by atoms with Gasteiger partial charge in [0.25, 0.3) is 0 Å². The number of fused-ring (bicyclic) bond motifs is 2. The van der Waals surface area contributed by atoms with E-state index in [1.54, 1.807) is 18.1 Å². The second-order valence-electron chi connectivity index (χ2n) is 10.9. The van der Waals surface area contributed by atoms with Gasteiger partial charge < -0.3 is 30.1 Å². The quantitative estimate of drug-likeness (QED) is 0.370. The molecule has 2 aromatic carbocycles. The first kappa shape index (κ1) is 34.3. The molecule has 0 saturated heterocycles. The molecule has 2 amide bonds. The Morgan fingerprint density at radius 2 is 1.98 bits per heavy atom. The number of amides is 2. The summed E-state index contributed by atoms with van der Waals surface area (Å²) in [5, 5.41) is 16.7. The Kier molecular flexibility index (Phi) is 13.2. The van der Waals surface area contributed by atoms with Crippen LogP contribution in [-0.2, 0) is 33.5 Å². The lowest BCUT2D eigenvalue weighted by atomic mass is 10.00. The number of ether oxygens (including phenoxy) is 2. The van der Waals surface area contributed by atoms with Crippen molar-refractivity contribution in [2.24, 2.45) is 5.92 Å². The molecular weight excluding hydrogens is 570 g/mol. The maximum absolute atomic E-state index is 14.6. The molecule has 12 heteroatoms. The highest BCUT2D eigenvalue weighted by molar-refractivity contribution is 5.84. The summed E-state index contributed by atoms with van der Waals surface area (Å²) < 4.78 is 65.0. The van der Waals surface area contributed by atoms with Crippen LogP contribution in [0.5, 0.6) is 5.75 Å². The molecule has 3 N–H and O–H groups in total. The van der Waals surface area contributed by atoms with Gasteiger partial charge >= 0.3 is 6.18 Å². The number of alkyl halides is 3. The van der Waals surface area contributed by atoms with Gasteiger partial charge in [0, 0.05) is 58.1 Å². The van der Waals surface area contributed by atoms with E-state index < -0.39 is 35.6 Å². The molecule has 8 nitrogen and oxygen atoms in total. The van der Waals surface area contributed by atoms with Gasteiger partial charge in [-0.3, -0.25) is 9.59 Å². The zero-order valence-corrected chi connectivity index (χ0v) is 24.6. The summed E-state index contributed by atoms with van der Waals surface area (Å²) in [6, 6.07) is 8.15. The number of nitrogens with zero attached hydrogens (tertiary/aromatic N) is 1. The fourth-order valence-corrected chi connectivity index (χ4v) is 5.02. The summed E-state index contributed by atoms with van der Waals surface area (Å²) in [6.07, 6.45) is -4.37. The molecule has 3 rings (SSSR count). The van der Waals surface area contributed by atoms with Gasteiger partial charge in [-0.05, 0) is 48.6 Å². The van der Waals surface area contributed by atoms with Crippen molar-refractivity contribution in [2.45, 2.75) is 63.9 Å². The minimum Gasteiger partial charge on any atom is -0.493 e. The fourth-order valence-electron chi connectivity index (χ4n) is 5.02. The lowest BCUT2D eigenvalue weighted by molar-refractivity contribution is -0.137. The fraction of sp³-hybridized carbons (Fsp3) is 0.548. The number of rotatable bonds is 9. The molecule has 1 aliphatic rings. The lowest BCUT2D eigenvalue weighted by Crippen LogP contribution is -2.49. The molecule has 0 spiro atoms. The third-order valence-electron chi connectivity index (χ3n) is 7.24. The molecule has 0 radical (unpaired) electrons. The third-order valence-corrected chi connectivity index (χ3v) is 7.24. The smallest absolute Gasteiger partial charge is 0.416 e. The van der Waals surface area contributed by atoms with Crippen molar-refractivity contribution in [3.63, 3.8) is 0 Å². The zero-order chi connectivity index (χ0) is 31.4. The molecule has 2 bridgehead atoms. The summed E-state index contributed by atoms with van der Waals surface area (Å²) in [5.74, 6) is -0.930. The standard InChI is InChI=1S/C31H41F4N3O5/c1-3-10-38-11-9-22(19-42-2)20-43-26-14-23(13-25(32)16-26)15-27(37-29(40)7-8-30(38)41)28(39)18-36-17-21-5-4-6-24(12-21)31(33,34)35/h4-6,12-14,16,22,27-28,36,39H,3,7-11,15,17-20H2,1-2H3,(H,37,40). The highest BCUT2D eigenvalue weighted by Crippen LogP contribution is 2.29. The highest BCUT2D eigenvalue weighted by Gasteiger charge is 2.30. The molecule has 238 valence electrons. The minimum atomic E-state index is -4.48. The summed E-state index contributed by atoms with van der Waals surface area (Å²) in [4.78, 5) is 27.6. The van der Waals surface area contributed by atoms with E-state index in [9.17, 15) is 32.3 Å². The van der Waals surface area contributed by atoms with Crippen molar-refractivity contribution in [1.29, 1.82) is 0 Å². The van der Waals surface area contributed by atoms with Crippen molar-refractivity contribution >= 4 is 11.8 Å². The number of methoxy groups -OCH3 is 1. The first-order valence-corrected chi connectivity index (χ1v) is 14.5. The van der Waals surface area contributed by atoms with Crippen LogP contribution in [0.25, 0.3) is 0 Å². The second-order valence-corrected chi connectivity index (χ2v) is 10.9. The van der Waals surface area contributed by atoms with E-state index in [-0.39, 0.29) is 56.5 Å². The lowest BCUT2D eigenvalue weighted by Gasteiger charge is -2.27. The Hall–Kier alpha value is -3.22. The first-order valence-electron chi connectivity index (χ1n) is 14.5. The summed E-state index contributed by atoms with van der Waals surface area (Å²) in [6.45, 7) is 3.56. The minimum absolute atomic E-state index is 0.0159. The molecular formula is C31H41F4N3O5. The maximum Gasteiger partial charge on any atom is 0.416 e. The number of halogens is 4. The number of hydrogen-bond acceptors (Lipinski definition) is 6. The van der Waals surface area contributed by atoms with Crippen LogP contribution in [0.15, 0.2) is 42.5 Å². The molecule has 43 heavy (non-hydrogen) atoms. The Morgan fingerprint density at radius 1 is 1.19 bits per heavy atom. The van der Waals surface area contributed by atoms with E-state index in [1.807, 2.05) is 6.92 Å². The van der Waals surface area contributed by atoms with Gasteiger partial charge in [-0.2, -0.15) is 13.2 Å². The van der Waals surface area contributed by atoms with Crippen LogP contribution in [0.1, 0.15) is 49.3 Å². The summed E-state index contributed by atoms with van der Waals surface area (Å²) in [5.41, 5.74) is 0.0672. The average Bonchev–Trinajstić information content (AvgIpc) is 2.95. The van der Waals surface area contributed by atoms with E-state index in [0.29, 0.717) is 37.2 Å². The number of benzene rings is 2. The van der Waals surface area contributed by atoms with Crippen molar-refractivity contribution in [2.75, 3.05) is 40.0 Å². The number of aliphatic hydroxyl groups excluding tert-OH is 1. The van der Waals surface area contributed by atoms with Crippen molar-refractivity contribution < 1.29 is 41.7 Å². The average molecular weight is 612 g/mol. The van der Waals surface area contributed by atoms with Gasteiger partial charge in [0.1, 0.15) is 11.6 Å². The van der Waals surface area contributed by atoms with Crippen LogP contribution in [0.4, 0.5) is 17.6 Å². The highest BCUT2D eigenvalue weighted by atomic mass is 19.4. The molecule has 1 heterocycles. The van der Waals surface area contributed by atoms with Crippen LogP contribution in [0.2, 0.25) is 0 Å². The van der Waals surface area contributed by atoms with Crippen LogP contribution in [0, 0.1) is 11.7 Å². The van der Waals surface area contributed by atoms with Crippen LogP contribution in [0.3, 0.4) is 0 Å². The molecule has 1 aliphatic heterocycles. The topological polar surface area (TPSA) is 100 Å². The van der Waals surface area contributed by atoms with Crippen LogP contribution in [-0.4, -0.2) is 73.9 Å². The number of carbonyl (C=O) groups is 2. The van der Waals surface area contributed by atoms with Crippen molar-refractivity contribution in [3.8, 4) is 5.75 Å². The molecule has 3 unspecified atom stereocenters. The van der Waals surface area contributed by atoms with E-state index in [0.717, 1.165) is 18.6 Å². The predicted octanol–water partition coefficient (Wildman–Crippen LogP) is 4.09. The van der Waals surface area contributed by atoms with E-state index in [2.05, 4.69) is 10.6 Å². The van der Waals surface area contributed by atoms with Crippen LogP contribution >= 0.6 is 0 Å². The molecule has 0 aromatic heterocycles. The van der Waals surface area contributed by atoms with E-state index in [1.165, 1.54) is 24.3 Å². The SMILES string of the molecule is CCCN1CCC(COC)COc2cc(F)cc(c2)CC(C(O)CNCc2cccc(C(F)(F)F)c2)NC(=O)CCC1=O. The second kappa shape index (κ2) is 16.6. The largest absolute Gasteiger partial charge is 0.493 e. The Labute approximate surface area is 249 Å². The monoisotopic (exact) mass is 611 g/mol. The Bertz CT molecular complexity index is 1200. The number of nitrogens with one attached hydrogen (secondary N) is 2. The normalized spacial score (nSPS) is 19.9. The number of carbonyl (C=O) groups excluding carboxylic acids is 2. The Morgan fingerprint density at radius 3 is 2.70 bits per heavy atom. The third kappa shape index (κ3) is 11.4. The van der Waals surface area contributed by atoms with Crippen LogP contribution < -0.4 is 15.4 Å². The van der Waals surface area contributed by atoms with Gasteiger partial charge in [0.15, 0.2) is 0 Å². The van der Waals surface area contributed by atoms with E-state index in [4.69, 9.17) is 9.47 Å². The summed E-state index contributed by atoms with van der Waals surface area (Å²) in [7, 11) is 1.58. The number of aliphatic hydroxyl groups is 1. The van der Waals surface area contributed by atoms with Gasteiger partial charge in [0.05, 0.1) is 30.9 Å². The van der Waals surface area contributed by atoms with Crippen molar-refractivity contribution in [1.82, 2.24) is 15.5 Å². The molecule has 0 aliphatic carbocycles. The maximum atomic E-state index is 14.6. The van der Waals surface area contributed by atoms with Crippen molar-refractivity contribution in [3.05, 3.63) is 65.0 Å². The predicted molar refractivity (Wildman–Crippen MR) is 153 cm³/mol. The van der Waals surface area contributed by atoms with Gasteiger partial charge in [-0.1, -0.05) is 25.1 Å². The van der Waals surface area contributed by atoms with Gasteiger partial charge in [-0.25, -0.2) is 4.39 Å². The molecule has 2 aromatic rings. The summed E-state index contributed by atoms with van der Waals surface area (Å²) >= 11 is 0. The van der Waals surface area contributed by atoms with E-state index >= 15 is 0 Å². The molecule has 0 fully saturated rings. The molecule has 3 atom stereocenters. The van der Waals surface area contributed by atoms with Gasteiger partial charge in [-0.15, -0.1) is 0 Å². The molecule has 0 saturated carbocycles. The first-order chi connectivity index (χ1) is 20.5. The number of hydrogen-bond donors (Lipinski definition) is 3. The Balaban J connectivity index is 1.78. The zero-order valence-electron chi connectivity index (χ0n) is 24.6.